The molecule has 21 heavy (non-hydrogen) atoms. The van der Waals surface area contributed by atoms with E-state index in [9.17, 15) is 5.11 Å². The Bertz CT molecular complexity index is 516. The molecule has 1 fully saturated rings. The largest absolute Gasteiger partial charge is 0.388 e. The number of guanidine groups is 1. The number of hydrogen-bond donors (Lipinski definition) is 3. The van der Waals surface area contributed by atoms with Crippen LogP contribution in [0.1, 0.15) is 31.7 Å². The normalized spacial score (nSPS) is 17.2. The van der Waals surface area contributed by atoms with Crippen LogP contribution in [0.15, 0.2) is 23.2 Å². The molecular formula is C15H21Cl2N3O. The van der Waals surface area contributed by atoms with Crippen LogP contribution in [0, 0.1) is 0 Å². The van der Waals surface area contributed by atoms with Gasteiger partial charge in [0.25, 0.3) is 0 Å². The van der Waals surface area contributed by atoms with E-state index in [1.54, 1.807) is 12.1 Å². The maximum absolute atomic E-state index is 10.1. The van der Waals surface area contributed by atoms with E-state index in [1.807, 2.05) is 13.0 Å². The highest BCUT2D eigenvalue weighted by molar-refractivity contribution is 6.35. The molecule has 1 aliphatic carbocycles. The Kier molecular flexibility index (Phi) is 5.73. The second-order valence-electron chi connectivity index (χ2n) is 5.36. The number of nitrogens with one attached hydrogen (secondary N) is 2. The van der Waals surface area contributed by atoms with Gasteiger partial charge in [-0.25, -0.2) is 4.99 Å². The Hall–Kier alpha value is -0.970. The Labute approximate surface area is 135 Å². The standard InChI is InChI=1S/C15H21Cl2N3O/c1-2-18-14(20-10-15(21)6-3-7-15)19-9-11-4-5-12(16)8-13(11)17/h4-5,8,21H,2-3,6-7,9-10H2,1H3,(H2,18,19,20). The summed E-state index contributed by atoms with van der Waals surface area (Å²) in [4.78, 5) is 4.49. The lowest BCUT2D eigenvalue weighted by Gasteiger charge is -2.37. The van der Waals surface area contributed by atoms with Gasteiger partial charge in [0.2, 0.25) is 0 Å². The van der Waals surface area contributed by atoms with Gasteiger partial charge in [0.05, 0.1) is 12.1 Å². The van der Waals surface area contributed by atoms with Crippen LogP contribution < -0.4 is 10.6 Å². The fraction of sp³-hybridized carbons (Fsp3) is 0.533. The van der Waals surface area contributed by atoms with Gasteiger partial charge < -0.3 is 15.7 Å². The van der Waals surface area contributed by atoms with Crippen LogP contribution in [0.2, 0.25) is 10.0 Å². The molecule has 0 aromatic heterocycles. The molecule has 1 aliphatic rings. The van der Waals surface area contributed by atoms with Gasteiger partial charge in [-0.2, -0.15) is 0 Å². The van der Waals surface area contributed by atoms with E-state index >= 15 is 0 Å². The summed E-state index contributed by atoms with van der Waals surface area (Å²) in [6, 6.07) is 5.39. The molecule has 0 saturated heterocycles. The third-order valence-electron chi connectivity index (χ3n) is 3.64. The Morgan fingerprint density at radius 1 is 1.33 bits per heavy atom. The summed E-state index contributed by atoms with van der Waals surface area (Å²) < 4.78 is 0. The highest BCUT2D eigenvalue weighted by Crippen LogP contribution is 2.30. The summed E-state index contributed by atoms with van der Waals surface area (Å²) in [6.07, 6.45) is 2.79. The second-order valence-corrected chi connectivity index (χ2v) is 6.21. The van der Waals surface area contributed by atoms with Crippen LogP contribution in [-0.2, 0) is 6.54 Å². The number of aliphatic imine (C=N–C) groups is 1. The van der Waals surface area contributed by atoms with Gasteiger partial charge in [-0.05, 0) is 43.9 Å². The van der Waals surface area contributed by atoms with Crippen molar-refractivity contribution in [1.82, 2.24) is 10.6 Å². The Morgan fingerprint density at radius 2 is 2.10 bits per heavy atom. The second kappa shape index (κ2) is 7.34. The van der Waals surface area contributed by atoms with Crippen LogP contribution in [0.4, 0.5) is 0 Å². The van der Waals surface area contributed by atoms with E-state index in [0.29, 0.717) is 29.1 Å². The van der Waals surface area contributed by atoms with Crippen molar-refractivity contribution in [3.63, 3.8) is 0 Å². The average Bonchev–Trinajstić information content (AvgIpc) is 2.41. The minimum absolute atomic E-state index is 0.462. The predicted octanol–water partition coefficient (Wildman–Crippen LogP) is 2.96. The molecule has 0 bridgehead atoms. The zero-order valence-electron chi connectivity index (χ0n) is 12.1. The van der Waals surface area contributed by atoms with E-state index in [0.717, 1.165) is 31.4 Å². The minimum atomic E-state index is -0.575. The maximum atomic E-state index is 10.1. The first kappa shape index (κ1) is 16.4. The lowest BCUT2D eigenvalue weighted by Crippen LogP contribution is -2.50. The monoisotopic (exact) mass is 329 g/mol. The summed E-state index contributed by atoms with van der Waals surface area (Å²) in [6.45, 7) is 3.75. The van der Waals surface area contributed by atoms with Gasteiger partial charge >= 0.3 is 0 Å². The minimum Gasteiger partial charge on any atom is -0.388 e. The average molecular weight is 330 g/mol. The van der Waals surface area contributed by atoms with Gasteiger partial charge in [-0.3, -0.25) is 0 Å². The smallest absolute Gasteiger partial charge is 0.191 e. The zero-order valence-corrected chi connectivity index (χ0v) is 13.6. The van der Waals surface area contributed by atoms with Crippen LogP contribution in [-0.4, -0.2) is 29.8 Å². The van der Waals surface area contributed by atoms with Gasteiger partial charge in [0, 0.05) is 23.1 Å². The highest BCUT2D eigenvalue weighted by Gasteiger charge is 2.34. The first-order valence-electron chi connectivity index (χ1n) is 7.21. The zero-order chi connectivity index (χ0) is 15.3. The van der Waals surface area contributed by atoms with Crippen molar-refractivity contribution in [1.29, 1.82) is 0 Å². The number of halogens is 2. The third kappa shape index (κ3) is 4.77. The summed E-state index contributed by atoms with van der Waals surface area (Å²) >= 11 is 12.0. The van der Waals surface area contributed by atoms with Crippen molar-refractivity contribution < 1.29 is 5.11 Å². The SMILES string of the molecule is CCNC(=NCc1ccc(Cl)cc1Cl)NCC1(O)CCC1. The van der Waals surface area contributed by atoms with Crippen molar-refractivity contribution in [2.45, 2.75) is 38.3 Å². The Morgan fingerprint density at radius 3 is 2.67 bits per heavy atom. The van der Waals surface area contributed by atoms with E-state index < -0.39 is 5.60 Å². The molecule has 116 valence electrons. The van der Waals surface area contributed by atoms with Crippen LogP contribution >= 0.6 is 23.2 Å². The number of hydrogen-bond acceptors (Lipinski definition) is 2. The third-order valence-corrected chi connectivity index (χ3v) is 4.22. The fourth-order valence-corrected chi connectivity index (χ4v) is 2.63. The summed E-state index contributed by atoms with van der Waals surface area (Å²) in [5, 5.41) is 17.7. The number of nitrogens with zero attached hydrogens (tertiary/aromatic N) is 1. The van der Waals surface area contributed by atoms with Crippen LogP contribution in [0.5, 0.6) is 0 Å². The molecule has 0 heterocycles. The molecule has 1 aromatic carbocycles. The summed E-state index contributed by atoms with van der Waals surface area (Å²) in [7, 11) is 0. The van der Waals surface area contributed by atoms with E-state index in [2.05, 4.69) is 15.6 Å². The van der Waals surface area contributed by atoms with Gasteiger partial charge in [0.1, 0.15) is 0 Å². The first-order valence-corrected chi connectivity index (χ1v) is 7.96. The number of aliphatic hydroxyl groups is 1. The summed E-state index contributed by atoms with van der Waals surface area (Å²) in [5.41, 5.74) is 0.342. The molecule has 6 heteroatoms. The van der Waals surface area contributed by atoms with E-state index in [4.69, 9.17) is 23.2 Å². The van der Waals surface area contributed by atoms with Crippen molar-refractivity contribution >= 4 is 29.2 Å². The van der Waals surface area contributed by atoms with Gasteiger partial charge in [-0.1, -0.05) is 29.3 Å². The lowest BCUT2D eigenvalue weighted by atomic mass is 9.80. The molecule has 1 aromatic rings. The fourth-order valence-electron chi connectivity index (χ4n) is 2.17. The Balaban J connectivity index is 1.96. The van der Waals surface area contributed by atoms with Crippen molar-refractivity contribution in [2.24, 2.45) is 4.99 Å². The molecule has 0 unspecified atom stereocenters. The molecular weight excluding hydrogens is 309 g/mol. The summed E-state index contributed by atoms with van der Waals surface area (Å²) in [5.74, 6) is 0.684. The molecule has 4 nitrogen and oxygen atoms in total. The molecule has 2 rings (SSSR count). The first-order chi connectivity index (χ1) is 10.0. The molecule has 1 saturated carbocycles. The molecule has 0 amide bonds. The number of benzene rings is 1. The van der Waals surface area contributed by atoms with E-state index in [-0.39, 0.29) is 0 Å². The van der Waals surface area contributed by atoms with Gasteiger partial charge in [-0.15, -0.1) is 0 Å². The van der Waals surface area contributed by atoms with Crippen molar-refractivity contribution in [3.05, 3.63) is 33.8 Å². The molecule has 3 N–H and O–H groups in total. The number of rotatable bonds is 5. The van der Waals surface area contributed by atoms with Crippen LogP contribution in [0.25, 0.3) is 0 Å². The maximum Gasteiger partial charge on any atom is 0.191 e. The molecule has 0 atom stereocenters. The van der Waals surface area contributed by atoms with Gasteiger partial charge in [0.15, 0.2) is 5.96 Å². The molecule has 0 spiro atoms. The van der Waals surface area contributed by atoms with Crippen LogP contribution in [0.3, 0.4) is 0 Å². The van der Waals surface area contributed by atoms with E-state index in [1.165, 1.54) is 0 Å². The quantitative estimate of drug-likeness (QED) is 0.575. The lowest BCUT2D eigenvalue weighted by molar-refractivity contribution is -0.0279. The predicted molar refractivity (Wildman–Crippen MR) is 88.1 cm³/mol. The molecule has 0 aliphatic heterocycles. The topological polar surface area (TPSA) is 56.7 Å². The highest BCUT2D eigenvalue weighted by atomic mass is 35.5. The van der Waals surface area contributed by atoms with Crippen molar-refractivity contribution in [3.8, 4) is 0 Å². The molecule has 0 radical (unpaired) electrons. The van der Waals surface area contributed by atoms with Crippen molar-refractivity contribution in [2.75, 3.05) is 13.1 Å².